The first-order valence-corrected chi connectivity index (χ1v) is 9.28. The van der Waals surface area contributed by atoms with Crippen LogP contribution in [-0.2, 0) is 0 Å². The van der Waals surface area contributed by atoms with Crippen LogP contribution in [0.5, 0.6) is 11.5 Å². The summed E-state index contributed by atoms with van der Waals surface area (Å²) in [6.45, 7) is 4.55. The van der Waals surface area contributed by atoms with E-state index in [0.717, 1.165) is 18.8 Å². The van der Waals surface area contributed by atoms with Crippen molar-refractivity contribution < 1.29 is 9.53 Å². The number of nitrogens with zero attached hydrogens (tertiary/aromatic N) is 1. The van der Waals surface area contributed by atoms with Crippen LogP contribution in [0.2, 0.25) is 0 Å². The highest BCUT2D eigenvalue weighted by Crippen LogP contribution is 2.32. The molecule has 0 radical (unpaired) electrons. The van der Waals surface area contributed by atoms with Crippen molar-refractivity contribution in [3.05, 3.63) is 54.1 Å². The number of carbonyl (C=O) groups is 1. The average Bonchev–Trinajstić information content (AvgIpc) is 2.67. The van der Waals surface area contributed by atoms with E-state index in [-0.39, 0.29) is 11.9 Å². The topological polar surface area (TPSA) is 67.6 Å². The first-order valence-electron chi connectivity index (χ1n) is 9.28. The lowest BCUT2D eigenvalue weighted by atomic mass is 9.79. The second kappa shape index (κ2) is 7.00. The second-order valence-electron chi connectivity index (χ2n) is 7.31. The SMILES string of the molecule is C[C@H]1[C@H](NC(=O)c2ccc(Oc3ccc(N)cc3)cc2)C2CCN1CC2. The predicted octanol–water partition coefficient (Wildman–Crippen LogP) is 3.27. The number of nitrogen functional groups attached to an aromatic ring is 1. The first-order chi connectivity index (χ1) is 12.6. The highest BCUT2D eigenvalue weighted by Gasteiger charge is 2.40. The van der Waals surface area contributed by atoms with E-state index in [2.05, 4.69) is 17.1 Å². The van der Waals surface area contributed by atoms with Gasteiger partial charge in [-0.2, -0.15) is 0 Å². The number of hydrogen-bond acceptors (Lipinski definition) is 4. The number of rotatable bonds is 4. The van der Waals surface area contributed by atoms with Crippen molar-refractivity contribution in [3.63, 3.8) is 0 Å². The number of fused-ring (bicyclic) bond motifs is 3. The summed E-state index contributed by atoms with van der Waals surface area (Å²) in [4.78, 5) is 15.1. The smallest absolute Gasteiger partial charge is 0.251 e. The number of amides is 1. The Hall–Kier alpha value is -2.53. The fourth-order valence-electron chi connectivity index (χ4n) is 4.13. The third-order valence-electron chi connectivity index (χ3n) is 5.71. The molecule has 0 aromatic heterocycles. The summed E-state index contributed by atoms with van der Waals surface area (Å²) in [5.41, 5.74) is 7.04. The summed E-state index contributed by atoms with van der Waals surface area (Å²) < 4.78 is 5.78. The monoisotopic (exact) mass is 351 g/mol. The molecule has 0 unspecified atom stereocenters. The summed E-state index contributed by atoms with van der Waals surface area (Å²) in [7, 11) is 0. The first kappa shape index (κ1) is 16.9. The van der Waals surface area contributed by atoms with Gasteiger partial charge in [0.25, 0.3) is 5.91 Å². The maximum Gasteiger partial charge on any atom is 0.251 e. The highest BCUT2D eigenvalue weighted by atomic mass is 16.5. The van der Waals surface area contributed by atoms with Crippen LogP contribution in [0.3, 0.4) is 0 Å². The zero-order valence-electron chi connectivity index (χ0n) is 15.0. The predicted molar refractivity (Wildman–Crippen MR) is 102 cm³/mol. The van der Waals surface area contributed by atoms with Crippen molar-refractivity contribution in [3.8, 4) is 11.5 Å². The zero-order chi connectivity index (χ0) is 18.1. The molecule has 3 heterocycles. The Morgan fingerprint density at radius 1 is 1.04 bits per heavy atom. The van der Waals surface area contributed by atoms with E-state index < -0.39 is 0 Å². The van der Waals surface area contributed by atoms with Crippen LogP contribution < -0.4 is 15.8 Å². The fourth-order valence-corrected chi connectivity index (χ4v) is 4.13. The molecule has 3 aliphatic heterocycles. The fraction of sp³-hybridized carbons (Fsp3) is 0.381. The molecule has 2 bridgehead atoms. The van der Waals surface area contributed by atoms with Crippen molar-refractivity contribution in [2.24, 2.45) is 5.92 Å². The molecule has 3 fully saturated rings. The van der Waals surface area contributed by atoms with E-state index in [4.69, 9.17) is 10.5 Å². The molecule has 5 heteroatoms. The molecule has 5 rings (SSSR count). The lowest BCUT2D eigenvalue weighted by Gasteiger charge is -2.49. The Bertz CT molecular complexity index is 763. The van der Waals surface area contributed by atoms with Gasteiger partial charge in [-0.15, -0.1) is 0 Å². The summed E-state index contributed by atoms with van der Waals surface area (Å²) in [5.74, 6) is 2.02. The lowest BCUT2D eigenvalue weighted by molar-refractivity contribution is 0.0217. The van der Waals surface area contributed by atoms with Gasteiger partial charge in [0, 0.05) is 23.3 Å². The number of piperidine rings is 3. The Labute approximate surface area is 154 Å². The van der Waals surface area contributed by atoms with E-state index in [1.807, 2.05) is 36.4 Å². The molecule has 26 heavy (non-hydrogen) atoms. The van der Waals surface area contributed by atoms with Crippen LogP contribution >= 0.6 is 0 Å². The molecule has 0 spiro atoms. The highest BCUT2D eigenvalue weighted by molar-refractivity contribution is 5.94. The number of carbonyl (C=O) groups excluding carboxylic acids is 1. The zero-order valence-corrected chi connectivity index (χ0v) is 15.0. The Kier molecular flexibility index (Phi) is 4.55. The van der Waals surface area contributed by atoms with E-state index in [0.29, 0.717) is 29.0 Å². The van der Waals surface area contributed by atoms with Crippen molar-refractivity contribution >= 4 is 11.6 Å². The Morgan fingerprint density at radius 2 is 1.62 bits per heavy atom. The molecule has 1 amide bonds. The number of benzene rings is 2. The van der Waals surface area contributed by atoms with Crippen LogP contribution in [0.25, 0.3) is 0 Å². The molecule has 0 saturated carbocycles. The molecule has 0 aliphatic carbocycles. The minimum atomic E-state index is -0.00497. The number of nitrogens with two attached hydrogens (primary N) is 1. The summed E-state index contributed by atoms with van der Waals surface area (Å²) in [6, 6.07) is 15.2. The van der Waals surface area contributed by atoms with Gasteiger partial charge >= 0.3 is 0 Å². The summed E-state index contributed by atoms with van der Waals surface area (Å²) in [6.07, 6.45) is 2.37. The molecule has 2 atom stereocenters. The van der Waals surface area contributed by atoms with Crippen molar-refractivity contribution in [1.82, 2.24) is 10.2 Å². The third-order valence-corrected chi connectivity index (χ3v) is 5.71. The van der Waals surface area contributed by atoms with Crippen molar-refractivity contribution in [2.75, 3.05) is 18.8 Å². The van der Waals surface area contributed by atoms with Crippen molar-refractivity contribution in [2.45, 2.75) is 31.8 Å². The van der Waals surface area contributed by atoms with Crippen LogP contribution in [0.4, 0.5) is 5.69 Å². The lowest BCUT2D eigenvalue weighted by Crippen LogP contribution is -2.62. The largest absolute Gasteiger partial charge is 0.457 e. The van der Waals surface area contributed by atoms with Gasteiger partial charge in [-0.3, -0.25) is 9.69 Å². The number of anilines is 1. The molecule has 3 aliphatic rings. The van der Waals surface area contributed by atoms with Crippen LogP contribution in [0.15, 0.2) is 48.5 Å². The molecule has 3 saturated heterocycles. The molecule has 2 aromatic rings. The van der Waals surface area contributed by atoms with Crippen LogP contribution in [0.1, 0.15) is 30.1 Å². The van der Waals surface area contributed by atoms with Crippen LogP contribution in [0, 0.1) is 5.92 Å². The van der Waals surface area contributed by atoms with Gasteiger partial charge in [0.15, 0.2) is 0 Å². The van der Waals surface area contributed by atoms with E-state index in [1.165, 1.54) is 12.8 Å². The molecule has 5 nitrogen and oxygen atoms in total. The quantitative estimate of drug-likeness (QED) is 0.830. The van der Waals surface area contributed by atoms with Gasteiger partial charge in [0.2, 0.25) is 0 Å². The van der Waals surface area contributed by atoms with Gasteiger partial charge in [0.05, 0.1) is 0 Å². The molecule has 136 valence electrons. The Balaban J connectivity index is 1.40. The van der Waals surface area contributed by atoms with E-state index >= 15 is 0 Å². The summed E-state index contributed by atoms with van der Waals surface area (Å²) >= 11 is 0. The minimum absolute atomic E-state index is 0.00497. The van der Waals surface area contributed by atoms with Gasteiger partial charge in [-0.1, -0.05) is 0 Å². The van der Waals surface area contributed by atoms with Gasteiger partial charge in [-0.25, -0.2) is 0 Å². The number of ether oxygens (including phenoxy) is 1. The second-order valence-corrected chi connectivity index (χ2v) is 7.31. The standard InChI is InChI=1S/C21H25N3O2/c1-14-20(15-10-12-24(14)13-11-15)23-21(25)16-2-6-18(7-3-16)26-19-8-4-17(22)5-9-19/h2-9,14-15,20H,10-13,22H2,1H3,(H,23,25)/t14-,20-/m0/s1. The molecular weight excluding hydrogens is 326 g/mol. The molecule has 2 aromatic carbocycles. The van der Waals surface area contributed by atoms with Gasteiger partial charge in [-0.05, 0) is 87.3 Å². The van der Waals surface area contributed by atoms with Crippen molar-refractivity contribution in [1.29, 1.82) is 0 Å². The third kappa shape index (κ3) is 3.40. The maximum atomic E-state index is 12.7. The molecular formula is C21H25N3O2. The van der Waals surface area contributed by atoms with Gasteiger partial charge in [0.1, 0.15) is 11.5 Å². The van der Waals surface area contributed by atoms with Gasteiger partial charge < -0.3 is 15.8 Å². The normalized spacial score (nSPS) is 27.1. The summed E-state index contributed by atoms with van der Waals surface area (Å²) in [5, 5.41) is 3.26. The average molecular weight is 351 g/mol. The Morgan fingerprint density at radius 3 is 2.19 bits per heavy atom. The maximum absolute atomic E-state index is 12.7. The van der Waals surface area contributed by atoms with E-state index in [1.54, 1.807) is 12.1 Å². The minimum Gasteiger partial charge on any atom is -0.457 e. The number of nitrogens with one attached hydrogen (secondary N) is 1. The van der Waals surface area contributed by atoms with Crippen LogP contribution in [-0.4, -0.2) is 36.0 Å². The molecule has 3 N–H and O–H groups in total. The number of hydrogen-bond donors (Lipinski definition) is 2. The van der Waals surface area contributed by atoms with E-state index in [9.17, 15) is 4.79 Å².